The van der Waals surface area contributed by atoms with Gasteiger partial charge in [0.25, 0.3) is 0 Å². The zero-order valence-electron chi connectivity index (χ0n) is 20.7. The molecule has 6 heteroatoms. The summed E-state index contributed by atoms with van der Waals surface area (Å²) in [5.41, 5.74) is 0.771. The quantitative estimate of drug-likeness (QED) is 0.526. The van der Waals surface area contributed by atoms with Gasteiger partial charge in [0.2, 0.25) is 5.91 Å². The van der Waals surface area contributed by atoms with E-state index in [1.807, 2.05) is 57.2 Å². The predicted octanol–water partition coefficient (Wildman–Crippen LogP) is 5.28. The molecule has 2 amide bonds. The molecule has 0 bridgehead atoms. The first-order chi connectivity index (χ1) is 15.0. The van der Waals surface area contributed by atoms with Gasteiger partial charge in [-0.1, -0.05) is 65.0 Å². The third kappa shape index (κ3) is 7.09. The van der Waals surface area contributed by atoms with E-state index in [1.165, 1.54) is 0 Å². The number of nitrogens with zero attached hydrogens (tertiary/aromatic N) is 1. The van der Waals surface area contributed by atoms with Gasteiger partial charge < -0.3 is 14.8 Å². The van der Waals surface area contributed by atoms with E-state index >= 15 is 0 Å². The first kappa shape index (κ1) is 25.9. The average molecular weight is 445 g/mol. The molecule has 178 valence electrons. The van der Waals surface area contributed by atoms with Crippen molar-refractivity contribution in [2.24, 2.45) is 11.8 Å². The number of carbonyl (C=O) groups excluding carboxylic acids is 2. The van der Waals surface area contributed by atoms with E-state index in [-0.39, 0.29) is 24.7 Å². The van der Waals surface area contributed by atoms with Crippen LogP contribution in [-0.4, -0.2) is 41.3 Å². The van der Waals surface area contributed by atoms with Gasteiger partial charge in [-0.25, -0.2) is 4.79 Å². The zero-order chi connectivity index (χ0) is 23.9. The molecule has 2 unspecified atom stereocenters. The molecular formula is C26H40N2O4. The number of amides is 2. The number of ether oxygens (including phenoxy) is 2. The van der Waals surface area contributed by atoms with Crippen molar-refractivity contribution in [1.29, 1.82) is 0 Å². The summed E-state index contributed by atoms with van der Waals surface area (Å²) >= 11 is 0. The second-order valence-corrected chi connectivity index (χ2v) is 9.79. The van der Waals surface area contributed by atoms with Crippen LogP contribution in [0.2, 0.25) is 0 Å². The Morgan fingerprint density at radius 1 is 1.16 bits per heavy atom. The van der Waals surface area contributed by atoms with Crippen molar-refractivity contribution in [1.82, 2.24) is 10.2 Å². The lowest BCUT2D eigenvalue weighted by atomic mass is 9.96. The Morgan fingerprint density at radius 2 is 1.81 bits per heavy atom. The number of benzene rings is 1. The van der Waals surface area contributed by atoms with Crippen molar-refractivity contribution in [3.05, 3.63) is 47.5 Å². The zero-order valence-corrected chi connectivity index (χ0v) is 20.7. The van der Waals surface area contributed by atoms with E-state index in [0.29, 0.717) is 30.4 Å². The van der Waals surface area contributed by atoms with E-state index in [9.17, 15) is 9.59 Å². The Kier molecular flexibility index (Phi) is 9.32. The van der Waals surface area contributed by atoms with Crippen molar-refractivity contribution in [2.45, 2.75) is 85.8 Å². The number of rotatable bonds is 9. The molecule has 1 saturated heterocycles. The molecule has 1 heterocycles. The molecule has 1 aromatic carbocycles. The minimum atomic E-state index is -0.845. The van der Waals surface area contributed by atoms with Gasteiger partial charge in [0.05, 0.1) is 12.1 Å². The second-order valence-electron chi connectivity index (χ2n) is 9.79. The highest BCUT2D eigenvalue weighted by Crippen LogP contribution is 2.37. The van der Waals surface area contributed by atoms with Gasteiger partial charge in [-0.05, 0) is 50.2 Å². The fourth-order valence-corrected chi connectivity index (χ4v) is 3.99. The minimum absolute atomic E-state index is 0.0731. The van der Waals surface area contributed by atoms with Crippen molar-refractivity contribution in [3.8, 4) is 0 Å². The molecule has 2 atom stereocenters. The molecule has 6 nitrogen and oxygen atoms in total. The number of hydrogen-bond acceptors (Lipinski definition) is 4. The van der Waals surface area contributed by atoms with E-state index < -0.39 is 11.8 Å². The summed E-state index contributed by atoms with van der Waals surface area (Å²) in [6.07, 6.45) is 2.46. The number of nitrogens with one attached hydrogen (secondary N) is 1. The monoisotopic (exact) mass is 444 g/mol. The highest BCUT2D eigenvalue weighted by Gasteiger charge is 2.50. The van der Waals surface area contributed by atoms with Gasteiger partial charge in [-0.3, -0.25) is 9.69 Å². The molecule has 0 aromatic heterocycles. The molecule has 1 N–H and O–H groups in total. The Hall–Kier alpha value is -2.34. The van der Waals surface area contributed by atoms with Crippen LogP contribution in [0.5, 0.6) is 0 Å². The van der Waals surface area contributed by atoms with Gasteiger partial charge in [-0.15, -0.1) is 0 Å². The van der Waals surface area contributed by atoms with E-state index in [2.05, 4.69) is 33.0 Å². The van der Waals surface area contributed by atoms with Crippen LogP contribution in [-0.2, 0) is 20.9 Å². The number of carbonyl (C=O) groups is 2. The smallest absolute Gasteiger partial charge is 0.412 e. The fraction of sp³-hybridized carbons (Fsp3) is 0.615. The molecule has 0 aliphatic carbocycles. The molecule has 2 rings (SSSR count). The highest BCUT2D eigenvalue weighted by atomic mass is 16.6. The van der Waals surface area contributed by atoms with E-state index in [4.69, 9.17) is 9.47 Å². The van der Waals surface area contributed by atoms with Crippen LogP contribution >= 0.6 is 0 Å². The normalized spacial score (nSPS) is 20.7. The summed E-state index contributed by atoms with van der Waals surface area (Å²) < 4.78 is 12.0. The molecule has 1 fully saturated rings. The third-order valence-electron chi connectivity index (χ3n) is 5.54. The van der Waals surface area contributed by atoms with Gasteiger partial charge in [0.1, 0.15) is 12.3 Å². The fourth-order valence-electron chi connectivity index (χ4n) is 3.99. The van der Waals surface area contributed by atoms with Crippen molar-refractivity contribution in [2.75, 3.05) is 6.54 Å². The molecule has 1 aliphatic heterocycles. The maximum Gasteiger partial charge on any atom is 0.412 e. The van der Waals surface area contributed by atoms with Gasteiger partial charge in [0, 0.05) is 12.1 Å². The van der Waals surface area contributed by atoms with Crippen molar-refractivity contribution >= 4 is 12.0 Å². The SMILES string of the molecule is CC/C(=C/C1OC(C)(C)N(C(=O)OCc2ccccc2)C1CC(C)C)C(=O)NCC(C)C. The summed E-state index contributed by atoms with van der Waals surface area (Å²) in [5.74, 6) is 0.649. The molecule has 0 radical (unpaired) electrons. The molecule has 0 spiro atoms. The van der Waals surface area contributed by atoms with E-state index in [0.717, 1.165) is 12.0 Å². The lowest BCUT2D eigenvalue weighted by Gasteiger charge is -2.33. The summed E-state index contributed by atoms with van der Waals surface area (Å²) in [6.45, 7) is 14.9. The van der Waals surface area contributed by atoms with Crippen LogP contribution in [0.3, 0.4) is 0 Å². The Balaban J connectivity index is 2.24. The Morgan fingerprint density at radius 3 is 2.38 bits per heavy atom. The third-order valence-corrected chi connectivity index (χ3v) is 5.54. The molecule has 0 saturated carbocycles. The van der Waals surface area contributed by atoms with E-state index in [1.54, 1.807) is 4.90 Å². The minimum Gasteiger partial charge on any atom is -0.444 e. The summed E-state index contributed by atoms with van der Waals surface area (Å²) in [6, 6.07) is 9.42. The molecular weight excluding hydrogens is 404 g/mol. The van der Waals surface area contributed by atoms with Crippen LogP contribution in [0.4, 0.5) is 4.79 Å². The number of hydrogen-bond donors (Lipinski definition) is 1. The standard InChI is InChI=1S/C26H40N2O4/c1-8-21(24(29)27-16-19(4)5)15-23-22(14-18(2)3)28(26(6,7)32-23)25(30)31-17-20-12-10-9-11-13-20/h9-13,15,18-19,22-23H,8,14,16-17H2,1-7H3,(H,27,29)/b21-15-. The van der Waals surface area contributed by atoms with Crippen LogP contribution in [0.15, 0.2) is 42.0 Å². The van der Waals surface area contributed by atoms with Crippen LogP contribution in [0, 0.1) is 11.8 Å². The van der Waals surface area contributed by atoms with Crippen molar-refractivity contribution in [3.63, 3.8) is 0 Å². The Bertz CT molecular complexity index is 786. The second kappa shape index (κ2) is 11.5. The molecule has 1 aromatic rings. The predicted molar refractivity (Wildman–Crippen MR) is 127 cm³/mol. The van der Waals surface area contributed by atoms with Gasteiger partial charge in [-0.2, -0.15) is 0 Å². The topological polar surface area (TPSA) is 67.9 Å². The first-order valence-corrected chi connectivity index (χ1v) is 11.7. The highest BCUT2D eigenvalue weighted by molar-refractivity contribution is 5.93. The largest absolute Gasteiger partial charge is 0.444 e. The summed E-state index contributed by atoms with van der Waals surface area (Å²) in [4.78, 5) is 27.6. The lowest BCUT2D eigenvalue weighted by molar-refractivity contribution is -0.117. The maximum absolute atomic E-state index is 13.2. The average Bonchev–Trinajstić information content (AvgIpc) is 2.97. The van der Waals surface area contributed by atoms with Gasteiger partial charge >= 0.3 is 6.09 Å². The molecule has 1 aliphatic rings. The van der Waals surface area contributed by atoms with Crippen LogP contribution in [0.25, 0.3) is 0 Å². The lowest BCUT2D eigenvalue weighted by Crippen LogP contribution is -2.49. The Labute approximate surface area is 193 Å². The molecule has 32 heavy (non-hydrogen) atoms. The maximum atomic E-state index is 13.2. The van der Waals surface area contributed by atoms with Crippen molar-refractivity contribution < 1.29 is 19.1 Å². The van der Waals surface area contributed by atoms with Crippen LogP contribution < -0.4 is 5.32 Å². The van der Waals surface area contributed by atoms with Crippen LogP contribution in [0.1, 0.15) is 66.9 Å². The summed E-state index contributed by atoms with van der Waals surface area (Å²) in [7, 11) is 0. The summed E-state index contributed by atoms with van der Waals surface area (Å²) in [5, 5.41) is 2.99. The van der Waals surface area contributed by atoms with Gasteiger partial charge in [0.15, 0.2) is 0 Å². The first-order valence-electron chi connectivity index (χ1n) is 11.7.